The van der Waals surface area contributed by atoms with E-state index in [-0.39, 0.29) is 22.8 Å². The van der Waals surface area contributed by atoms with Gasteiger partial charge in [-0.1, -0.05) is 26.2 Å². The van der Waals surface area contributed by atoms with Gasteiger partial charge in [-0.2, -0.15) is 0 Å². The van der Waals surface area contributed by atoms with E-state index in [1.54, 1.807) is 24.3 Å². The normalized spacial score (nSPS) is 14.1. The molecule has 0 radical (unpaired) electrons. The molecule has 0 aliphatic heterocycles. The first-order valence-electron chi connectivity index (χ1n) is 9.30. The largest absolute Gasteiger partial charge is 0.326 e. The summed E-state index contributed by atoms with van der Waals surface area (Å²) in [4.78, 5) is 35.8. The molecular weight excluding hydrogens is 364 g/mol. The SMILES string of the molecule is CCCC(=O)Nc1ccc(C(=O)NNC(=S)NC(=O)C2CCCCC2)cc1. The van der Waals surface area contributed by atoms with Gasteiger partial charge in [-0.05, 0) is 55.7 Å². The topological polar surface area (TPSA) is 99.3 Å². The molecule has 8 heteroatoms. The van der Waals surface area contributed by atoms with E-state index in [9.17, 15) is 14.4 Å². The lowest BCUT2D eigenvalue weighted by Gasteiger charge is -2.21. The molecule has 0 bridgehead atoms. The highest BCUT2D eigenvalue weighted by Crippen LogP contribution is 2.23. The van der Waals surface area contributed by atoms with Crippen molar-refractivity contribution in [2.45, 2.75) is 51.9 Å². The second kappa shape index (κ2) is 10.6. The summed E-state index contributed by atoms with van der Waals surface area (Å²) in [6.07, 6.45) is 6.27. The Hall–Kier alpha value is -2.48. The van der Waals surface area contributed by atoms with E-state index in [4.69, 9.17) is 12.2 Å². The number of carbonyl (C=O) groups is 3. The van der Waals surface area contributed by atoms with Crippen molar-refractivity contribution in [1.29, 1.82) is 0 Å². The van der Waals surface area contributed by atoms with Crippen molar-refractivity contribution in [2.75, 3.05) is 5.32 Å². The zero-order valence-corrected chi connectivity index (χ0v) is 16.3. The van der Waals surface area contributed by atoms with Crippen LogP contribution in [0.4, 0.5) is 5.69 Å². The minimum Gasteiger partial charge on any atom is -0.326 e. The quantitative estimate of drug-likeness (QED) is 0.458. The molecule has 1 aliphatic carbocycles. The Morgan fingerprint density at radius 1 is 1.04 bits per heavy atom. The molecule has 1 aromatic carbocycles. The zero-order chi connectivity index (χ0) is 19.6. The third-order valence-corrected chi connectivity index (χ3v) is 4.61. The highest BCUT2D eigenvalue weighted by atomic mass is 32.1. The van der Waals surface area contributed by atoms with Gasteiger partial charge >= 0.3 is 0 Å². The summed E-state index contributed by atoms with van der Waals surface area (Å²) < 4.78 is 0. The van der Waals surface area contributed by atoms with Crippen LogP contribution >= 0.6 is 12.2 Å². The second-order valence-electron chi connectivity index (χ2n) is 6.61. The highest BCUT2D eigenvalue weighted by Gasteiger charge is 2.21. The highest BCUT2D eigenvalue weighted by molar-refractivity contribution is 7.80. The monoisotopic (exact) mass is 390 g/mol. The summed E-state index contributed by atoms with van der Waals surface area (Å²) in [5, 5.41) is 5.45. The van der Waals surface area contributed by atoms with Gasteiger partial charge in [0.1, 0.15) is 0 Å². The van der Waals surface area contributed by atoms with Crippen LogP contribution in [0.3, 0.4) is 0 Å². The molecule has 146 valence electrons. The molecule has 1 aliphatic rings. The molecule has 7 nitrogen and oxygen atoms in total. The zero-order valence-electron chi connectivity index (χ0n) is 15.5. The van der Waals surface area contributed by atoms with Crippen molar-refractivity contribution in [1.82, 2.24) is 16.2 Å². The van der Waals surface area contributed by atoms with E-state index in [0.29, 0.717) is 17.7 Å². The maximum atomic E-state index is 12.1. The molecule has 1 saturated carbocycles. The molecule has 2 rings (SSSR count). The van der Waals surface area contributed by atoms with Crippen molar-refractivity contribution in [2.24, 2.45) is 5.92 Å². The van der Waals surface area contributed by atoms with Crippen LogP contribution in [-0.4, -0.2) is 22.8 Å². The Kier molecular flexibility index (Phi) is 8.19. The average Bonchev–Trinajstić information content (AvgIpc) is 2.67. The van der Waals surface area contributed by atoms with Crippen LogP contribution in [0.25, 0.3) is 0 Å². The van der Waals surface area contributed by atoms with Gasteiger partial charge in [0.05, 0.1) is 0 Å². The van der Waals surface area contributed by atoms with Crippen molar-refractivity contribution in [3.8, 4) is 0 Å². The van der Waals surface area contributed by atoms with Gasteiger partial charge in [0.15, 0.2) is 5.11 Å². The maximum absolute atomic E-state index is 12.1. The van der Waals surface area contributed by atoms with Gasteiger partial charge in [-0.3, -0.25) is 25.2 Å². The Morgan fingerprint density at radius 3 is 2.33 bits per heavy atom. The lowest BCUT2D eigenvalue weighted by atomic mass is 9.89. The second-order valence-corrected chi connectivity index (χ2v) is 7.02. The number of hydrogen-bond acceptors (Lipinski definition) is 4. The van der Waals surface area contributed by atoms with E-state index >= 15 is 0 Å². The number of rotatable bonds is 5. The summed E-state index contributed by atoms with van der Waals surface area (Å²) in [5.74, 6) is -0.565. The first kappa shape index (κ1) is 20.8. The van der Waals surface area contributed by atoms with Gasteiger partial charge in [0, 0.05) is 23.6 Å². The lowest BCUT2D eigenvalue weighted by molar-refractivity contribution is -0.124. The summed E-state index contributed by atoms with van der Waals surface area (Å²) >= 11 is 5.06. The van der Waals surface area contributed by atoms with Crippen molar-refractivity contribution in [3.63, 3.8) is 0 Å². The summed E-state index contributed by atoms with van der Waals surface area (Å²) in [7, 11) is 0. The number of anilines is 1. The van der Waals surface area contributed by atoms with Gasteiger partial charge in [0.2, 0.25) is 11.8 Å². The first-order chi connectivity index (χ1) is 13.0. The number of benzene rings is 1. The third-order valence-electron chi connectivity index (χ3n) is 4.41. The van der Waals surface area contributed by atoms with Gasteiger partial charge in [-0.25, -0.2) is 0 Å². The fourth-order valence-electron chi connectivity index (χ4n) is 2.95. The molecule has 4 N–H and O–H groups in total. The number of carbonyl (C=O) groups excluding carboxylic acids is 3. The third kappa shape index (κ3) is 6.97. The molecule has 0 aromatic heterocycles. The van der Waals surface area contributed by atoms with E-state index < -0.39 is 5.91 Å². The van der Waals surface area contributed by atoms with Crippen LogP contribution in [0, 0.1) is 5.92 Å². The van der Waals surface area contributed by atoms with Crippen molar-refractivity contribution < 1.29 is 14.4 Å². The summed E-state index contributed by atoms with van der Waals surface area (Å²) in [6.45, 7) is 1.93. The molecule has 27 heavy (non-hydrogen) atoms. The molecule has 1 fully saturated rings. The van der Waals surface area contributed by atoms with Crippen LogP contribution in [-0.2, 0) is 9.59 Å². The van der Waals surface area contributed by atoms with Crippen LogP contribution in [0.5, 0.6) is 0 Å². The Labute approximate surface area is 164 Å². The number of hydrazine groups is 1. The van der Waals surface area contributed by atoms with E-state index in [2.05, 4.69) is 21.5 Å². The first-order valence-corrected chi connectivity index (χ1v) is 9.71. The van der Waals surface area contributed by atoms with Crippen LogP contribution < -0.4 is 21.5 Å². The maximum Gasteiger partial charge on any atom is 0.269 e. The van der Waals surface area contributed by atoms with Crippen molar-refractivity contribution >= 4 is 40.7 Å². The van der Waals surface area contributed by atoms with Crippen LogP contribution in [0.2, 0.25) is 0 Å². The molecule has 0 atom stereocenters. The molecular formula is C19H26N4O3S. The Morgan fingerprint density at radius 2 is 1.70 bits per heavy atom. The minimum atomic E-state index is -0.393. The minimum absolute atomic E-state index is 0.00957. The van der Waals surface area contributed by atoms with Crippen LogP contribution in [0.1, 0.15) is 62.2 Å². The number of thiocarbonyl (C=S) groups is 1. The summed E-state index contributed by atoms with van der Waals surface area (Å²) in [6, 6.07) is 6.52. The van der Waals surface area contributed by atoms with Gasteiger partial charge in [-0.15, -0.1) is 0 Å². The smallest absolute Gasteiger partial charge is 0.269 e. The lowest BCUT2D eigenvalue weighted by Crippen LogP contribution is -2.49. The van der Waals surface area contributed by atoms with Gasteiger partial charge in [0.25, 0.3) is 5.91 Å². The van der Waals surface area contributed by atoms with Crippen molar-refractivity contribution in [3.05, 3.63) is 29.8 Å². The molecule has 0 heterocycles. The number of nitrogens with one attached hydrogen (secondary N) is 4. The van der Waals surface area contributed by atoms with E-state index in [0.717, 1.165) is 32.1 Å². The number of hydrogen-bond donors (Lipinski definition) is 4. The van der Waals surface area contributed by atoms with E-state index in [1.165, 1.54) is 6.42 Å². The van der Waals surface area contributed by atoms with Crippen LogP contribution in [0.15, 0.2) is 24.3 Å². The summed E-state index contributed by atoms with van der Waals surface area (Å²) in [5.41, 5.74) is 6.03. The molecule has 1 aromatic rings. The molecule has 3 amide bonds. The fourth-order valence-corrected chi connectivity index (χ4v) is 3.10. The number of amides is 3. The molecule has 0 unspecified atom stereocenters. The fraction of sp³-hybridized carbons (Fsp3) is 0.474. The average molecular weight is 391 g/mol. The predicted molar refractivity (Wildman–Crippen MR) is 108 cm³/mol. The Bertz CT molecular complexity index is 685. The standard InChI is InChI=1S/C19H26N4O3S/c1-2-6-16(24)20-15-11-9-14(10-12-15)18(26)22-23-19(27)21-17(25)13-7-4-3-5-8-13/h9-13H,2-8H2,1H3,(H,20,24)(H,22,26)(H2,21,23,25,27). The predicted octanol–water partition coefficient (Wildman–Crippen LogP) is 2.64. The van der Waals surface area contributed by atoms with Gasteiger partial charge < -0.3 is 10.6 Å². The van der Waals surface area contributed by atoms with E-state index in [1.807, 2.05) is 6.92 Å². The Balaban J connectivity index is 1.76. The molecule has 0 spiro atoms. The molecule has 0 saturated heterocycles.